The smallest absolute Gasteiger partial charge is 0.123 e. The Kier molecular flexibility index (Phi) is 3.45. The van der Waals surface area contributed by atoms with Crippen LogP contribution in [0.15, 0.2) is 36.4 Å². The molecule has 0 saturated heterocycles. The van der Waals surface area contributed by atoms with Gasteiger partial charge in [0.1, 0.15) is 11.6 Å². The normalized spacial score (nSPS) is 14.8. The number of nitrogens with two attached hydrogens (primary N) is 1. The van der Waals surface area contributed by atoms with Crippen molar-refractivity contribution in [3.63, 3.8) is 0 Å². The molecule has 2 nitrogen and oxygen atoms in total. The fourth-order valence-corrected chi connectivity index (χ4v) is 2.68. The Hall–Kier alpha value is -1.87. The van der Waals surface area contributed by atoms with Crippen molar-refractivity contribution in [1.82, 2.24) is 0 Å². The van der Waals surface area contributed by atoms with Gasteiger partial charge in [-0.15, -0.1) is 0 Å². The molecule has 1 aliphatic heterocycles. The molecular weight excluding hydrogens is 253 g/mol. The molecule has 2 aromatic rings. The van der Waals surface area contributed by atoms with Gasteiger partial charge in [0.25, 0.3) is 0 Å². The predicted octanol–water partition coefficient (Wildman–Crippen LogP) is 3.31. The summed E-state index contributed by atoms with van der Waals surface area (Å²) in [6, 6.07) is 10.9. The lowest BCUT2D eigenvalue weighted by molar-refractivity contribution is 0.357. The zero-order valence-electron chi connectivity index (χ0n) is 11.5. The molecule has 1 unspecified atom stereocenters. The van der Waals surface area contributed by atoms with Crippen molar-refractivity contribution < 1.29 is 9.13 Å². The molecule has 2 aromatic carbocycles. The third kappa shape index (κ3) is 2.54. The Morgan fingerprint density at radius 2 is 2.10 bits per heavy atom. The SMILES string of the molecule is Cc1cc(F)ccc1CC(N)c1ccc2c(c1)CCO2. The molecule has 0 bridgehead atoms. The van der Waals surface area contributed by atoms with Crippen molar-refractivity contribution in [3.8, 4) is 5.75 Å². The van der Waals surface area contributed by atoms with Crippen LogP contribution in [0.3, 0.4) is 0 Å². The average Bonchev–Trinajstić information content (AvgIpc) is 2.89. The molecule has 0 spiro atoms. The molecule has 3 rings (SSSR count). The summed E-state index contributed by atoms with van der Waals surface area (Å²) in [7, 11) is 0. The summed E-state index contributed by atoms with van der Waals surface area (Å²) in [5.74, 6) is 0.772. The lowest BCUT2D eigenvalue weighted by Gasteiger charge is -2.15. The van der Waals surface area contributed by atoms with Gasteiger partial charge in [-0.05, 0) is 53.8 Å². The Balaban J connectivity index is 1.80. The maximum Gasteiger partial charge on any atom is 0.123 e. The van der Waals surface area contributed by atoms with Gasteiger partial charge < -0.3 is 10.5 Å². The van der Waals surface area contributed by atoms with E-state index in [1.54, 1.807) is 6.07 Å². The first kappa shape index (κ1) is 13.1. The molecule has 0 radical (unpaired) electrons. The van der Waals surface area contributed by atoms with Crippen LogP contribution in [-0.4, -0.2) is 6.61 Å². The number of aryl methyl sites for hydroxylation is 1. The van der Waals surface area contributed by atoms with Crippen LogP contribution in [0.4, 0.5) is 4.39 Å². The Labute approximate surface area is 118 Å². The highest BCUT2D eigenvalue weighted by atomic mass is 19.1. The van der Waals surface area contributed by atoms with Crippen molar-refractivity contribution in [3.05, 3.63) is 64.5 Å². The van der Waals surface area contributed by atoms with E-state index in [2.05, 4.69) is 6.07 Å². The summed E-state index contributed by atoms with van der Waals surface area (Å²) in [5.41, 5.74) is 10.7. The largest absolute Gasteiger partial charge is 0.493 e. The standard InChI is InChI=1S/C17H18FNO/c1-11-8-15(18)4-2-12(11)10-16(19)13-3-5-17-14(9-13)6-7-20-17/h2-5,8-9,16H,6-7,10,19H2,1H3. The minimum absolute atomic E-state index is 0.0786. The average molecular weight is 271 g/mol. The summed E-state index contributed by atoms with van der Waals surface area (Å²) in [6.45, 7) is 2.67. The van der Waals surface area contributed by atoms with E-state index in [-0.39, 0.29) is 11.9 Å². The lowest BCUT2D eigenvalue weighted by Crippen LogP contribution is -2.14. The number of fused-ring (bicyclic) bond motifs is 1. The van der Waals surface area contributed by atoms with Crippen molar-refractivity contribution in [1.29, 1.82) is 0 Å². The summed E-state index contributed by atoms with van der Waals surface area (Å²) in [4.78, 5) is 0. The summed E-state index contributed by atoms with van der Waals surface area (Å²) in [6.07, 6.45) is 1.66. The Morgan fingerprint density at radius 3 is 2.90 bits per heavy atom. The molecular formula is C17H18FNO. The Bertz CT molecular complexity index is 639. The molecule has 0 amide bonds. The van der Waals surface area contributed by atoms with Gasteiger partial charge in [0.2, 0.25) is 0 Å². The van der Waals surface area contributed by atoms with Crippen LogP contribution in [0, 0.1) is 12.7 Å². The van der Waals surface area contributed by atoms with Gasteiger partial charge in [-0.1, -0.05) is 18.2 Å². The highest BCUT2D eigenvalue weighted by Gasteiger charge is 2.15. The van der Waals surface area contributed by atoms with Crippen molar-refractivity contribution in [2.45, 2.75) is 25.8 Å². The van der Waals surface area contributed by atoms with E-state index in [9.17, 15) is 4.39 Å². The summed E-state index contributed by atoms with van der Waals surface area (Å²) >= 11 is 0. The van der Waals surface area contributed by atoms with Crippen LogP contribution in [0.25, 0.3) is 0 Å². The third-order valence-electron chi connectivity index (χ3n) is 3.89. The van der Waals surface area contributed by atoms with Crippen LogP contribution in [-0.2, 0) is 12.8 Å². The van der Waals surface area contributed by atoms with Gasteiger partial charge in [-0.25, -0.2) is 4.39 Å². The van der Waals surface area contributed by atoms with Crippen LogP contribution >= 0.6 is 0 Å². The Morgan fingerprint density at radius 1 is 1.25 bits per heavy atom. The maximum absolute atomic E-state index is 13.1. The quantitative estimate of drug-likeness (QED) is 0.929. The van der Waals surface area contributed by atoms with E-state index in [0.29, 0.717) is 6.42 Å². The minimum Gasteiger partial charge on any atom is -0.493 e. The van der Waals surface area contributed by atoms with Gasteiger partial charge in [-0.2, -0.15) is 0 Å². The summed E-state index contributed by atoms with van der Waals surface area (Å²) in [5, 5.41) is 0. The van der Waals surface area contributed by atoms with Crippen molar-refractivity contribution >= 4 is 0 Å². The van der Waals surface area contributed by atoms with Gasteiger partial charge in [0.05, 0.1) is 6.61 Å². The number of hydrogen-bond donors (Lipinski definition) is 1. The highest BCUT2D eigenvalue weighted by Crippen LogP contribution is 2.29. The molecule has 0 fully saturated rings. The monoisotopic (exact) mass is 271 g/mol. The van der Waals surface area contributed by atoms with Crippen molar-refractivity contribution in [2.24, 2.45) is 5.73 Å². The number of ether oxygens (including phenoxy) is 1. The fourth-order valence-electron chi connectivity index (χ4n) is 2.68. The molecule has 1 heterocycles. The van der Waals surface area contributed by atoms with E-state index in [4.69, 9.17) is 10.5 Å². The van der Waals surface area contributed by atoms with E-state index >= 15 is 0 Å². The molecule has 20 heavy (non-hydrogen) atoms. The topological polar surface area (TPSA) is 35.2 Å². The second kappa shape index (κ2) is 5.25. The number of halogens is 1. The summed E-state index contributed by atoms with van der Waals surface area (Å²) < 4.78 is 18.6. The van der Waals surface area contributed by atoms with Gasteiger partial charge in [0, 0.05) is 12.5 Å². The molecule has 0 aromatic heterocycles. The molecule has 1 aliphatic rings. The van der Waals surface area contributed by atoms with Crippen LogP contribution < -0.4 is 10.5 Å². The molecule has 0 saturated carbocycles. The number of hydrogen-bond acceptors (Lipinski definition) is 2. The van der Waals surface area contributed by atoms with E-state index in [0.717, 1.165) is 35.5 Å². The lowest BCUT2D eigenvalue weighted by atomic mass is 9.95. The van der Waals surface area contributed by atoms with Gasteiger partial charge >= 0.3 is 0 Å². The van der Waals surface area contributed by atoms with E-state index in [1.165, 1.54) is 11.6 Å². The second-order valence-electron chi connectivity index (χ2n) is 5.35. The van der Waals surface area contributed by atoms with Crippen molar-refractivity contribution in [2.75, 3.05) is 6.61 Å². The first-order valence-electron chi connectivity index (χ1n) is 6.90. The molecule has 2 N–H and O–H groups in total. The first-order valence-corrected chi connectivity index (χ1v) is 6.90. The fraction of sp³-hybridized carbons (Fsp3) is 0.294. The van der Waals surface area contributed by atoms with Crippen LogP contribution in [0.1, 0.15) is 28.3 Å². The molecule has 0 aliphatic carbocycles. The number of rotatable bonds is 3. The van der Waals surface area contributed by atoms with Gasteiger partial charge in [0.15, 0.2) is 0 Å². The van der Waals surface area contributed by atoms with E-state index in [1.807, 2.05) is 25.1 Å². The van der Waals surface area contributed by atoms with Crippen LogP contribution in [0.5, 0.6) is 5.75 Å². The zero-order chi connectivity index (χ0) is 14.1. The molecule has 1 atom stereocenters. The van der Waals surface area contributed by atoms with E-state index < -0.39 is 0 Å². The number of benzene rings is 2. The maximum atomic E-state index is 13.1. The first-order chi connectivity index (χ1) is 9.63. The highest BCUT2D eigenvalue weighted by molar-refractivity contribution is 5.41. The van der Waals surface area contributed by atoms with Gasteiger partial charge in [-0.3, -0.25) is 0 Å². The third-order valence-corrected chi connectivity index (χ3v) is 3.89. The van der Waals surface area contributed by atoms with Crippen LogP contribution in [0.2, 0.25) is 0 Å². The molecule has 104 valence electrons. The minimum atomic E-state index is -0.200. The second-order valence-corrected chi connectivity index (χ2v) is 5.35. The predicted molar refractivity (Wildman–Crippen MR) is 77.4 cm³/mol. The zero-order valence-corrected chi connectivity index (χ0v) is 11.5. The molecule has 3 heteroatoms.